The maximum absolute atomic E-state index is 12.3. The fraction of sp³-hybridized carbons (Fsp3) is 0.235. The molecule has 0 saturated heterocycles. The first kappa shape index (κ1) is 16.5. The third-order valence-corrected chi connectivity index (χ3v) is 3.60. The Hall–Kier alpha value is -2.89. The van der Waals surface area contributed by atoms with Crippen molar-refractivity contribution in [1.82, 2.24) is 0 Å². The number of anilines is 1. The number of benzene rings is 2. The highest BCUT2D eigenvalue weighted by Gasteiger charge is 2.21. The standard InChI is InChI=1S/C17H18N2O4/c1-11-7-6-8-14(12(11)2)18-17(20)13(3)23-16-10-5-4-9-15(16)19(21)22/h4-10,13H,1-3H3,(H,18,20)/t13-/m1/s1. The molecular formula is C17H18N2O4. The number of carbonyl (C=O) groups is 1. The van der Waals surface area contributed by atoms with E-state index in [4.69, 9.17) is 4.74 Å². The lowest BCUT2D eigenvalue weighted by Crippen LogP contribution is -2.30. The largest absolute Gasteiger partial charge is 0.474 e. The van der Waals surface area contributed by atoms with E-state index < -0.39 is 11.0 Å². The van der Waals surface area contributed by atoms with Crippen LogP contribution in [0, 0.1) is 24.0 Å². The van der Waals surface area contributed by atoms with E-state index in [1.165, 1.54) is 12.1 Å². The van der Waals surface area contributed by atoms with Crippen LogP contribution in [-0.4, -0.2) is 16.9 Å². The lowest BCUT2D eigenvalue weighted by atomic mass is 10.1. The summed E-state index contributed by atoms with van der Waals surface area (Å²) in [5.74, 6) is -0.294. The Morgan fingerprint density at radius 1 is 1.17 bits per heavy atom. The smallest absolute Gasteiger partial charge is 0.310 e. The normalized spacial score (nSPS) is 11.6. The summed E-state index contributed by atoms with van der Waals surface area (Å²) >= 11 is 0. The molecule has 0 fully saturated rings. The van der Waals surface area contributed by atoms with Gasteiger partial charge in [-0.05, 0) is 44.0 Å². The van der Waals surface area contributed by atoms with Crippen molar-refractivity contribution >= 4 is 17.3 Å². The average Bonchev–Trinajstić information content (AvgIpc) is 2.52. The predicted octanol–water partition coefficient (Wildman–Crippen LogP) is 3.62. The Kier molecular flexibility index (Phi) is 4.95. The van der Waals surface area contributed by atoms with Gasteiger partial charge in [-0.25, -0.2) is 0 Å². The molecular weight excluding hydrogens is 296 g/mol. The van der Waals surface area contributed by atoms with Crippen molar-refractivity contribution in [2.75, 3.05) is 5.32 Å². The average molecular weight is 314 g/mol. The number of nitro benzene ring substituents is 1. The van der Waals surface area contributed by atoms with Crippen LogP contribution in [-0.2, 0) is 4.79 Å². The van der Waals surface area contributed by atoms with Crippen molar-refractivity contribution in [3.63, 3.8) is 0 Å². The van der Waals surface area contributed by atoms with Gasteiger partial charge >= 0.3 is 5.69 Å². The van der Waals surface area contributed by atoms with Crippen molar-refractivity contribution in [1.29, 1.82) is 0 Å². The number of hydrogen-bond donors (Lipinski definition) is 1. The number of hydrogen-bond acceptors (Lipinski definition) is 4. The van der Waals surface area contributed by atoms with Gasteiger partial charge in [0.1, 0.15) is 0 Å². The molecule has 0 aliphatic rings. The van der Waals surface area contributed by atoms with Crippen LogP contribution in [0.2, 0.25) is 0 Å². The number of nitrogens with one attached hydrogen (secondary N) is 1. The number of nitrogens with zero attached hydrogens (tertiary/aromatic N) is 1. The molecule has 6 heteroatoms. The molecule has 1 N–H and O–H groups in total. The maximum Gasteiger partial charge on any atom is 0.310 e. The summed E-state index contributed by atoms with van der Waals surface area (Å²) in [5, 5.41) is 13.8. The van der Waals surface area contributed by atoms with Crippen LogP contribution in [0.3, 0.4) is 0 Å². The second kappa shape index (κ2) is 6.91. The summed E-state index contributed by atoms with van der Waals surface area (Å²) in [6.07, 6.45) is -0.865. The number of amides is 1. The molecule has 0 radical (unpaired) electrons. The molecule has 0 aliphatic carbocycles. The fourth-order valence-corrected chi connectivity index (χ4v) is 2.07. The van der Waals surface area contributed by atoms with Crippen LogP contribution in [0.4, 0.5) is 11.4 Å². The topological polar surface area (TPSA) is 81.5 Å². The molecule has 0 spiro atoms. The summed E-state index contributed by atoms with van der Waals surface area (Å²) in [7, 11) is 0. The van der Waals surface area contributed by atoms with E-state index in [-0.39, 0.29) is 17.3 Å². The highest BCUT2D eigenvalue weighted by molar-refractivity contribution is 5.95. The second-order valence-electron chi connectivity index (χ2n) is 5.22. The van der Waals surface area contributed by atoms with Gasteiger partial charge in [0.05, 0.1) is 4.92 Å². The van der Waals surface area contributed by atoms with Crippen molar-refractivity contribution in [3.8, 4) is 5.75 Å². The first-order valence-electron chi connectivity index (χ1n) is 7.17. The van der Waals surface area contributed by atoms with E-state index >= 15 is 0 Å². The molecule has 1 atom stereocenters. The number of ether oxygens (including phenoxy) is 1. The van der Waals surface area contributed by atoms with Crippen molar-refractivity contribution in [2.24, 2.45) is 0 Å². The predicted molar refractivity (Wildman–Crippen MR) is 87.7 cm³/mol. The minimum atomic E-state index is -0.865. The number of rotatable bonds is 5. The molecule has 0 aromatic heterocycles. The van der Waals surface area contributed by atoms with Crippen LogP contribution < -0.4 is 10.1 Å². The zero-order valence-corrected chi connectivity index (χ0v) is 13.2. The first-order chi connectivity index (χ1) is 10.9. The minimum Gasteiger partial charge on any atom is -0.474 e. The number of para-hydroxylation sites is 2. The summed E-state index contributed by atoms with van der Waals surface area (Å²) in [6, 6.07) is 11.6. The molecule has 0 heterocycles. The molecule has 6 nitrogen and oxygen atoms in total. The van der Waals surface area contributed by atoms with Crippen LogP contribution >= 0.6 is 0 Å². The second-order valence-corrected chi connectivity index (χ2v) is 5.22. The fourth-order valence-electron chi connectivity index (χ4n) is 2.07. The molecule has 23 heavy (non-hydrogen) atoms. The molecule has 2 aromatic rings. The molecule has 2 rings (SSSR count). The quantitative estimate of drug-likeness (QED) is 0.675. The van der Waals surface area contributed by atoms with Gasteiger partial charge in [-0.2, -0.15) is 0 Å². The first-order valence-corrected chi connectivity index (χ1v) is 7.17. The van der Waals surface area contributed by atoms with Gasteiger partial charge in [-0.3, -0.25) is 14.9 Å². The Morgan fingerprint density at radius 2 is 1.87 bits per heavy atom. The zero-order chi connectivity index (χ0) is 17.0. The number of nitro groups is 1. The molecule has 2 aromatic carbocycles. The van der Waals surface area contributed by atoms with Crippen LogP contribution in [0.1, 0.15) is 18.1 Å². The monoisotopic (exact) mass is 314 g/mol. The Labute approximate surface area is 134 Å². The van der Waals surface area contributed by atoms with E-state index in [9.17, 15) is 14.9 Å². The molecule has 0 saturated carbocycles. The molecule has 0 bridgehead atoms. The van der Waals surface area contributed by atoms with E-state index in [2.05, 4.69) is 5.32 Å². The van der Waals surface area contributed by atoms with Gasteiger partial charge < -0.3 is 10.1 Å². The molecule has 0 unspecified atom stereocenters. The highest BCUT2D eigenvalue weighted by atomic mass is 16.6. The summed E-state index contributed by atoms with van der Waals surface area (Å²) in [4.78, 5) is 22.7. The van der Waals surface area contributed by atoms with Crippen molar-refractivity contribution < 1.29 is 14.5 Å². The summed E-state index contributed by atoms with van der Waals surface area (Å²) in [6.45, 7) is 5.42. The van der Waals surface area contributed by atoms with Gasteiger partial charge in [-0.15, -0.1) is 0 Å². The lowest BCUT2D eigenvalue weighted by molar-refractivity contribution is -0.386. The summed E-state index contributed by atoms with van der Waals surface area (Å²) < 4.78 is 5.46. The van der Waals surface area contributed by atoms with Gasteiger partial charge in [0.15, 0.2) is 11.9 Å². The zero-order valence-electron chi connectivity index (χ0n) is 13.2. The van der Waals surface area contributed by atoms with Gasteiger partial charge in [0.2, 0.25) is 0 Å². The van der Waals surface area contributed by atoms with E-state index in [0.717, 1.165) is 11.1 Å². The van der Waals surface area contributed by atoms with Crippen molar-refractivity contribution in [3.05, 3.63) is 63.7 Å². The lowest BCUT2D eigenvalue weighted by Gasteiger charge is -2.16. The Bertz CT molecular complexity index is 743. The Morgan fingerprint density at radius 3 is 2.57 bits per heavy atom. The number of aryl methyl sites for hydroxylation is 1. The minimum absolute atomic E-state index is 0.0705. The van der Waals surface area contributed by atoms with E-state index in [1.54, 1.807) is 25.1 Å². The van der Waals surface area contributed by atoms with Crippen LogP contribution in [0.25, 0.3) is 0 Å². The third-order valence-electron chi connectivity index (χ3n) is 3.60. The Balaban J connectivity index is 2.12. The molecule has 1 amide bonds. The van der Waals surface area contributed by atoms with E-state index in [0.29, 0.717) is 5.69 Å². The van der Waals surface area contributed by atoms with Gasteiger partial charge in [0, 0.05) is 11.8 Å². The van der Waals surface area contributed by atoms with Crippen LogP contribution in [0.15, 0.2) is 42.5 Å². The van der Waals surface area contributed by atoms with E-state index in [1.807, 2.05) is 26.0 Å². The maximum atomic E-state index is 12.3. The molecule has 120 valence electrons. The summed E-state index contributed by atoms with van der Waals surface area (Å²) in [5.41, 5.74) is 2.57. The molecule has 0 aliphatic heterocycles. The van der Waals surface area contributed by atoms with Gasteiger partial charge in [-0.1, -0.05) is 24.3 Å². The number of carbonyl (C=O) groups excluding carboxylic acids is 1. The van der Waals surface area contributed by atoms with Gasteiger partial charge in [0.25, 0.3) is 5.91 Å². The van der Waals surface area contributed by atoms with Crippen LogP contribution in [0.5, 0.6) is 5.75 Å². The third kappa shape index (κ3) is 3.85. The van der Waals surface area contributed by atoms with Crippen molar-refractivity contribution in [2.45, 2.75) is 26.9 Å². The SMILES string of the molecule is Cc1cccc(NC(=O)[C@@H](C)Oc2ccccc2[N+](=O)[O-])c1C. The highest BCUT2D eigenvalue weighted by Crippen LogP contribution is 2.27.